The number of fused-ring (bicyclic) bond motifs is 1. The van der Waals surface area contributed by atoms with Crippen molar-refractivity contribution in [3.8, 4) is 11.8 Å². The summed E-state index contributed by atoms with van der Waals surface area (Å²) in [6.07, 6.45) is 1.50. The molecule has 0 atom stereocenters. The van der Waals surface area contributed by atoms with Gasteiger partial charge in [-0.05, 0) is 68.3 Å². The summed E-state index contributed by atoms with van der Waals surface area (Å²) in [7, 11) is 1.62. The molecule has 4 rings (SSSR count). The highest BCUT2D eigenvalue weighted by molar-refractivity contribution is 6.04. The summed E-state index contributed by atoms with van der Waals surface area (Å²) in [5.41, 5.74) is 3.82. The van der Waals surface area contributed by atoms with E-state index in [0.29, 0.717) is 17.1 Å². The third-order valence-corrected chi connectivity index (χ3v) is 5.72. The Balaban J connectivity index is 1.59. The summed E-state index contributed by atoms with van der Waals surface area (Å²) in [6, 6.07) is 20.7. The first kappa shape index (κ1) is 22.7. The fourth-order valence-corrected chi connectivity index (χ4v) is 3.54. The van der Waals surface area contributed by atoms with Gasteiger partial charge in [-0.25, -0.2) is 9.97 Å². The number of aryl methyl sites for hydroxylation is 1. The Kier molecular flexibility index (Phi) is 6.15. The van der Waals surface area contributed by atoms with Crippen molar-refractivity contribution in [2.24, 2.45) is 0 Å². The van der Waals surface area contributed by atoms with Gasteiger partial charge in [-0.2, -0.15) is 5.26 Å². The SMILES string of the molecule is COc1ccc2c(Nc3cc(NC(=O)c4cccc(C(C)(C)C#N)c4)ccc3C)ncnc2c1. The fourth-order valence-electron chi connectivity index (χ4n) is 3.54. The van der Waals surface area contributed by atoms with E-state index in [1.807, 2.05) is 63.2 Å². The number of carbonyl (C=O) groups excluding carboxylic acids is 1. The number of carbonyl (C=O) groups is 1. The van der Waals surface area contributed by atoms with E-state index in [0.717, 1.165) is 33.5 Å². The molecule has 1 amide bonds. The smallest absolute Gasteiger partial charge is 0.255 e. The van der Waals surface area contributed by atoms with Crippen LogP contribution in [-0.4, -0.2) is 23.0 Å². The number of rotatable bonds is 6. The number of hydrogen-bond donors (Lipinski definition) is 2. The molecule has 2 N–H and O–H groups in total. The van der Waals surface area contributed by atoms with Gasteiger partial charge in [0, 0.05) is 28.4 Å². The third kappa shape index (κ3) is 4.66. The lowest BCUT2D eigenvalue weighted by Crippen LogP contribution is -2.17. The highest BCUT2D eigenvalue weighted by atomic mass is 16.5. The van der Waals surface area contributed by atoms with Gasteiger partial charge >= 0.3 is 0 Å². The maximum Gasteiger partial charge on any atom is 0.255 e. The number of anilines is 3. The molecule has 0 aliphatic rings. The maximum absolute atomic E-state index is 12.9. The van der Waals surface area contributed by atoms with Crippen LogP contribution in [0.5, 0.6) is 5.75 Å². The van der Waals surface area contributed by atoms with Crippen LogP contribution in [0.4, 0.5) is 17.2 Å². The van der Waals surface area contributed by atoms with Crippen molar-refractivity contribution >= 4 is 34.0 Å². The molecule has 0 bridgehead atoms. The van der Waals surface area contributed by atoms with Crippen LogP contribution in [0.3, 0.4) is 0 Å². The van der Waals surface area contributed by atoms with Crippen LogP contribution in [0.25, 0.3) is 10.9 Å². The Hall–Kier alpha value is -4.44. The molecule has 170 valence electrons. The Labute approximate surface area is 198 Å². The largest absolute Gasteiger partial charge is 0.497 e. The lowest BCUT2D eigenvalue weighted by Gasteiger charge is -2.17. The van der Waals surface area contributed by atoms with E-state index in [9.17, 15) is 10.1 Å². The van der Waals surface area contributed by atoms with E-state index in [1.54, 1.807) is 25.3 Å². The van der Waals surface area contributed by atoms with Crippen molar-refractivity contribution in [1.29, 1.82) is 5.26 Å². The summed E-state index contributed by atoms with van der Waals surface area (Å²) >= 11 is 0. The summed E-state index contributed by atoms with van der Waals surface area (Å²) in [5, 5.41) is 16.6. The molecule has 1 heterocycles. The summed E-state index contributed by atoms with van der Waals surface area (Å²) in [6.45, 7) is 5.64. The Bertz CT molecular complexity index is 1420. The highest BCUT2D eigenvalue weighted by Crippen LogP contribution is 2.29. The van der Waals surface area contributed by atoms with Gasteiger partial charge in [-0.3, -0.25) is 4.79 Å². The van der Waals surface area contributed by atoms with Crippen LogP contribution in [0.2, 0.25) is 0 Å². The average molecular weight is 452 g/mol. The van der Waals surface area contributed by atoms with Crippen molar-refractivity contribution in [1.82, 2.24) is 9.97 Å². The number of ether oxygens (including phenoxy) is 1. The summed E-state index contributed by atoms with van der Waals surface area (Å²) in [5.74, 6) is 1.14. The number of nitriles is 1. The van der Waals surface area contributed by atoms with Crippen molar-refractivity contribution in [2.75, 3.05) is 17.7 Å². The predicted molar refractivity (Wildman–Crippen MR) is 134 cm³/mol. The molecular formula is C27H25N5O2. The van der Waals surface area contributed by atoms with E-state index in [2.05, 4.69) is 26.7 Å². The number of nitrogens with one attached hydrogen (secondary N) is 2. The van der Waals surface area contributed by atoms with Crippen LogP contribution in [0, 0.1) is 18.3 Å². The first-order chi connectivity index (χ1) is 16.3. The minimum atomic E-state index is -0.679. The van der Waals surface area contributed by atoms with E-state index < -0.39 is 5.41 Å². The molecule has 1 aromatic heterocycles. The molecule has 34 heavy (non-hydrogen) atoms. The van der Waals surface area contributed by atoms with Crippen LogP contribution < -0.4 is 15.4 Å². The van der Waals surface area contributed by atoms with Gasteiger partial charge in [-0.1, -0.05) is 18.2 Å². The zero-order valence-electron chi connectivity index (χ0n) is 19.5. The molecule has 7 nitrogen and oxygen atoms in total. The van der Waals surface area contributed by atoms with Gasteiger partial charge in [0.1, 0.15) is 17.9 Å². The third-order valence-electron chi connectivity index (χ3n) is 5.72. The number of amides is 1. The lowest BCUT2D eigenvalue weighted by molar-refractivity contribution is 0.102. The van der Waals surface area contributed by atoms with Gasteiger partial charge in [0.25, 0.3) is 5.91 Å². The van der Waals surface area contributed by atoms with Crippen molar-refractivity contribution in [2.45, 2.75) is 26.2 Å². The molecule has 4 aromatic rings. The second-order valence-electron chi connectivity index (χ2n) is 8.53. The normalized spacial score (nSPS) is 11.0. The first-order valence-electron chi connectivity index (χ1n) is 10.8. The van der Waals surface area contributed by atoms with E-state index in [1.165, 1.54) is 6.33 Å². The van der Waals surface area contributed by atoms with Crippen LogP contribution in [-0.2, 0) is 5.41 Å². The molecule has 0 radical (unpaired) electrons. The lowest BCUT2D eigenvalue weighted by atomic mass is 9.85. The monoisotopic (exact) mass is 451 g/mol. The average Bonchev–Trinajstić information content (AvgIpc) is 2.85. The van der Waals surface area contributed by atoms with Gasteiger partial charge in [0.15, 0.2) is 0 Å². The van der Waals surface area contributed by atoms with Crippen LogP contribution >= 0.6 is 0 Å². The van der Waals surface area contributed by atoms with E-state index in [-0.39, 0.29) is 5.91 Å². The van der Waals surface area contributed by atoms with Gasteiger partial charge in [0.2, 0.25) is 0 Å². The Morgan fingerprint density at radius 1 is 1.06 bits per heavy atom. The maximum atomic E-state index is 12.9. The summed E-state index contributed by atoms with van der Waals surface area (Å²) in [4.78, 5) is 21.7. The topological polar surface area (TPSA) is 99.9 Å². The van der Waals surface area contributed by atoms with Crippen molar-refractivity contribution in [3.63, 3.8) is 0 Å². The van der Waals surface area contributed by atoms with Gasteiger partial charge in [-0.15, -0.1) is 0 Å². The quantitative estimate of drug-likeness (QED) is 0.387. The number of hydrogen-bond acceptors (Lipinski definition) is 6. The van der Waals surface area contributed by atoms with E-state index >= 15 is 0 Å². The molecule has 0 spiro atoms. The molecule has 0 aliphatic carbocycles. The first-order valence-corrected chi connectivity index (χ1v) is 10.8. The standard InChI is InChI=1S/C27H25N5O2/c1-17-8-9-20(31-26(33)18-6-5-7-19(12-18)27(2,3)15-28)13-23(17)32-25-22-11-10-21(34-4)14-24(22)29-16-30-25/h5-14,16H,1-4H3,(H,31,33)(H,29,30,32). The molecule has 0 unspecified atom stereocenters. The molecule has 0 saturated carbocycles. The number of nitrogens with zero attached hydrogens (tertiary/aromatic N) is 3. The van der Waals surface area contributed by atoms with Crippen LogP contribution in [0.1, 0.15) is 35.3 Å². The zero-order chi connectivity index (χ0) is 24.3. The number of methoxy groups -OCH3 is 1. The molecule has 0 fully saturated rings. The minimum Gasteiger partial charge on any atom is -0.497 e. The molecule has 0 aliphatic heterocycles. The Morgan fingerprint density at radius 3 is 2.65 bits per heavy atom. The number of benzene rings is 3. The molecular weight excluding hydrogens is 426 g/mol. The second kappa shape index (κ2) is 9.20. The highest BCUT2D eigenvalue weighted by Gasteiger charge is 2.21. The molecule has 0 saturated heterocycles. The second-order valence-corrected chi connectivity index (χ2v) is 8.53. The zero-order valence-corrected chi connectivity index (χ0v) is 19.5. The number of aromatic nitrogens is 2. The van der Waals surface area contributed by atoms with Crippen LogP contribution in [0.15, 0.2) is 67.0 Å². The van der Waals surface area contributed by atoms with Gasteiger partial charge < -0.3 is 15.4 Å². The van der Waals surface area contributed by atoms with Crippen molar-refractivity contribution in [3.05, 3.63) is 83.7 Å². The molecule has 3 aromatic carbocycles. The molecule has 7 heteroatoms. The van der Waals surface area contributed by atoms with Crippen molar-refractivity contribution < 1.29 is 9.53 Å². The van der Waals surface area contributed by atoms with Gasteiger partial charge in [0.05, 0.1) is 24.1 Å². The predicted octanol–water partition coefficient (Wildman–Crippen LogP) is 5.74. The summed E-state index contributed by atoms with van der Waals surface area (Å²) < 4.78 is 5.28. The van der Waals surface area contributed by atoms with E-state index in [4.69, 9.17) is 4.74 Å². The fraction of sp³-hybridized carbons (Fsp3) is 0.185. The Morgan fingerprint density at radius 2 is 1.88 bits per heavy atom. The minimum absolute atomic E-state index is 0.245.